The average Bonchev–Trinajstić information content (AvgIpc) is 3.75. The number of nitrogens with zero attached hydrogens (tertiary/aromatic N) is 3. The van der Waals surface area contributed by atoms with Gasteiger partial charge in [0.1, 0.15) is 22.3 Å². The minimum Gasteiger partial charge on any atom is -0.456 e. The fraction of sp³-hybridized carbons (Fsp3) is 0. The number of para-hydroxylation sites is 1. The Labute approximate surface area is 287 Å². The molecule has 0 bridgehead atoms. The summed E-state index contributed by atoms with van der Waals surface area (Å²) in [5.74, 6) is 1.76. The number of furan rings is 2. The summed E-state index contributed by atoms with van der Waals surface area (Å²) in [6.07, 6.45) is 0. The van der Waals surface area contributed by atoms with Gasteiger partial charge in [-0.1, -0.05) is 127 Å². The molecule has 0 fully saturated rings. The molecule has 0 radical (unpaired) electrons. The molecular weight excluding hydrogens is 615 g/mol. The van der Waals surface area contributed by atoms with Gasteiger partial charge in [0, 0.05) is 38.2 Å². The zero-order valence-electron chi connectivity index (χ0n) is 26.7. The summed E-state index contributed by atoms with van der Waals surface area (Å²) in [5.41, 5.74) is 10.3. The zero-order chi connectivity index (χ0) is 33.0. The fourth-order valence-corrected chi connectivity index (χ4v) is 6.92. The second-order valence-corrected chi connectivity index (χ2v) is 12.4. The molecule has 3 heterocycles. The number of benzene rings is 7. The lowest BCUT2D eigenvalue weighted by Gasteiger charge is -2.11. The van der Waals surface area contributed by atoms with Gasteiger partial charge in [-0.05, 0) is 58.7 Å². The van der Waals surface area contributed by atoms with Crippen molar-refractivity contribution in [3.8, 4) is 56.4 Å². The largest absolute Gasteiger partial charge is 0.456 e. The molecule has 0 aliphatic heterocycles. The van der Waals surface area contributed by atoms with Gasteiger partial charge >= 0.3 is 0 Å². The third-order valence-corrected chi connectivity index (χ3v) is 9.33. The van der Waals surface area contributed by atoms with Crippen LogP contribution in [0.25, 0.3) is 100 Å². The van der Waals surface area contributed by atoms with E-state index in [-0.39, 0.29) is 0 Å². The first-order valence-corrected chi connectivity index (χ1v) is 16.6. The SMILES string of the molecule is c1ccc(-c2cccc(-c3nc(-c4cccc(-c5ccccc5)c4)nc(-c4cccc5oc6cc7c(cc6c45)oc4ccccc47)n3)c2)cc1. The van der Waals surface area contributed by atoms with Gasteiger partial charge in [0.15, 0.2) is 17.5 Å². The first-order valence-electron chi connectivity index (χ1n) is 16.6. The molecule has 5 heteroatoms. The van der Waals surface area contributed by atoms with Gasteiger partial charge in [-0.25, -0.2) is 15.0 Å². The minimum absolute atomic E-state index is 0.568. The zero-order valence-corrected chi connectivity index (χ0v) is 26.7. The maximum absolute atomic E-state index is 6.49. The molecule has 10 rings (SSSR count). The van der Waals surface area contributed by atoms with Crippen LogP contribution in [0, 0.1) is 0 Å². The topological polar surface area (TPSA) is 65.0 Å². The summed E-state index contributed by atoms with van der Waals surface area (Å²) in [6, 6.07) is 55.7. The van der Waals surface area contributed by atoms with Crippen molar-refractivity contribution in [2.75, 3.05) is 0 Å². The predicted octanol–water partition coefficient (Wildman–Crippen LogP) is 12.0. The molecule has 3 aromatic heterocycles. The molecule has 234 valence electrons. The summed E-state index contributed by atoms with van der Waals surface area (Å²) in [5, 5.41) is 3.97. The fourth-order valence-electron chi connectivity index (χ4n) is 6.92. The number of rotatable bonds is 5. The maximum Gasteiger partial charge on any atom is 0.164 e. The van der Waals surface area contributed by atoms with Crippen molar-refractivity contribution >= 4 is 43.9 Å². The second-order valence-electron chi connectivity index (χ2n) is 12.4. The number of fused-ring (bicyclic) bond motifs is 6. The van der Waals surface area contributed by atoms with Crippen LogP contribution in [0.3, 0.4) is 0 Å². The lowest BCUT2D eigenvalue weighted by Crippen LogP contribution is -2.00. The van der Waals surface area contributed by atoms with E-state index in [0.29, 0.717) is 17.5 Å². The Morgan fingerprint density at radius 2 is 0.780 bits per heavy atom. The lowest BCUT2D eigenvalue weighted by molar-refractivity contribution is 0.664. The van der Waals surface area contributed by atoms with Gasteiger partial charge < -0.3 is 8.83 Å². The van der Waals surface area contributed by atoms with Crippen LogP contribution in [0.5, 0.6) is 0 Å². The molecule has 0 saturated heterocycles. The third-order valence-electron chi connectivity index (χ3n) is 9.33. The van der Waals surface area contributed by atoms with Crippen molar-refractivity contribution in [3.05, 3.63) is 164 Å². The monoisotopic (exact) mass is 641 g/mol. The van der Waals surface area contributed by atoms with Gasteiger partial charge in [-0.15, -0.1) is 0 Å². The van der Waals surface area contributed by atoms with E-state index in [4.69, 9.17) is 23.8 Å². The smallest absolute Gasteiger partial charge is 0.164 e. The molecular formula is C45H27N3O2. The number of hydrogen-bond donors (Lipinski definition) is 0. The van der Waals surface area contributed by atoms with Crippen LogP contribution in [0.4, 0.5) is 0 Å². The summed E-state index contributed by atoms with van der Waals surface area (Å²) in [6.45, 7) is 0. The molecule has 10 aromatic rings. The van der Waals surface area contributed by atoms with Crippen LogP contribution in [0.2, 0.25) is 0 Å². The highest BCUT2D eigenvalue weighted by Gasteiger charge is 2.20. The van der Waals surface area contributed by atoms with Crippen LogP contribution in [0.15, 0.2) is 173 Å². The molecule has 0 unspecified atom stereocenters. The van der Waals surface area contributed by atoms with E-state index in [1.165, 1.54) is 0 Å². The standard InChI is InChI=1S/C45H27N3O2/c1-3-12-28(13-4-1)30-16-9-18-32(24-30)43-46-44(33-19-10-17-31(25-33)29-14-5-2-6-15-29)48-45(47-43)35-21-11-23-39-42(35)37-27-40-36(26-41(37)50-39)34-20-7-8-22-38(34)49-40/h1-27H. The number of aromatic nitrogens is 3. The van der Waals surface area contributed by atoms with Gasteiger partial charge in [0.05, 0.1) is 0 Å². The van der Waals surface area contributed by atoms with Crippen molar-refractivity contribution in [1.82, 2.24) is 15.0 Å². The molecule has 7 aromatic carbocycles. The van der Waals surface area contributed by atoms with Crippen LogP contribution in [0.1, 0.15) is 0 Å². The summed E-state index contributed by atoms with van der Waals surface area (Å²) in [7, 11) is 0. The van der Waals surface area contributed by atoms with E-state index >= 15 is 0 Å². The van der Waals surface area contributed by atoms with Crippen molar-refractivity contribution < 1.29 is 8.83 Å². The summed E-state index contributed by atoms with van der Waals surface area (Å²) >= 11 is 0. The highest BCUT2D eigenvalue weighted by atomic mass is 16.3. The van der Waals surface area contributed by atoms with Gasteiger partial charge in [-0.2, -0.15) is 0 Å². The van der Waals surface area contributed by atoms with Crippen molar-refractivity contribution in [2.45, 2.75) is 0 Å². The van der Waals surface area contributed by atoms with Gasteiger partial charge in [0.25, 0.3) is 0 Å². The van der Waals surface area contributed by atoms with E-state index in [2.05, 4.69) is 121 Å². The minimum atomic E-state index is 0.568. The van der Waals surface area contributed by atoms with Crippen LogP contribution in [-0.2, 0) is 0 Å². The van der Waals surface area contributed by atoms with Crippen molar-refractivity contribution in [2.24, 2.45) is 0 Å². The molecule has 0 aliphatic rings. The second kappa shape index (κ2) is 11.4. The Bertz CT molecular complexity index is 2770. The molecule has 0 N–H and O–H groups in total. The van der Waals surface area contributed by atoms with E-state index in [1.807, 2.05) is 42.5 Å². The normalized spacial score (nSPS) is 11.6. The summed E-state index contributed by atoms with van der Waals surface area (Å²) in [4.78, 5) is 15.4. The molecule has 0 atom stereocenters. The maximum atomic E-state index is 6.49. The molecule has 0 amide bonds. The summed E-state index contributed by atoms with van der Waals surface area (Å²) < 4.78 is 12.8. The van der Waals surface area contributed by atoms with Crippen molar-refractivity contribution in [1.29, 1.82) is 0 Å². The first-order chi connectivity index (χ1) is 24.7. The Balaban J connectivity index is 1.20. The highest BCUT2D eigenvalue weighted by Crippen LogP contribution is 2.40. The predicted molar refractivity (Wildman–Crippen MR) is 202 cm³/mol. The Kier molecular flexibility index (Phi) is 6.42. The quantitative estimate of drug-likeness (QED) is 0.187. The van der Waals surface area contributed by atoms with Crippen LogP contribution >= 0.6 is 0 Å². The van der Waals surface area contributed by atoms with Gasteiger partial charge in [0.2, 0.25) is 0 Å². The van der Waals surface area contributed by atoms with E-state index in [0.717, 1.165) is 82.8 Å². The van der Waals surface area contributed by atoms with Crippen molar-refractivity contribution in [3.63, 3.8) is 0 Å². The highest BCUT2D eigenvalue weighted by molar-refractivity contribution is 6.17. The van der Waals surface area contributed by atoms with Gasteiger partial charge in [-0.3, -0.25) is 0 Å². The number of hydrogen-bond acceptors (Lipinski definition) is 5. The van der Waals surface area contributed by atoms with E-state index in [9.17, 15) is 0 Å². The molecule has 0 saturated carbocycles. The molecule has 50 heavy (non-hydrogen) atoms. The van der Waals surface area contributed by atoms with E-state index < -0.39 is 0 Å². The van der Waals surface area contributed by atoms with Crippen LogP contribution in [-0.4, -0.2) is 15.0 Å². The third kappa shape index (κ3) is 4.75. The molecule has 0 aliphatic carbocycles. The Hall–Kier alpha value is -6.85. The average molecular weight is 642 g/mol. The molecule has 5 nitrogen and oxygen atoms in total. The first kappa shape index (κ1) is 28.2. The lowest BCUT2D eigenvalue weighted by atomic mass is 10.0. The Morgan fingerprint density at radius 1 is 0.300 bits per heavy atom. The van der Waals surface area contributed by atoms with E-state index in [1.54, 1.807) is 0 Å². The van der Waals surface area contributed by atoms with Crippen LogP contribution < -0.4 is 0 Å². The molecule has 0 spiro atoms. The Morgan fingerprint density at radius 3 is 1.46 bits per heavy atom.